The molecule has 1 saturated heterocycles. The molecule has 1 aromatic carbocycles. The summed E-state index contributed by atoms with van der Waals surface area (Å²) < 4.78 is 0. The number of amides is 1. The maximum Gasteiger partial charge on any atom is 0.326 e. The molecular weight excluding hydrogens is 266 g/mol. The summed E-state index contributed by atoms with van der Waals surface area (Å²) >= 11 is 0. The van der Waals surface area contributed by atoms with Gasteiger partial charge in [-0.15, -0.1) is 0 Å². The maximum atomic E-state index is 12.9. The lowest BCUT2D eigenvalue weighted by atomic mass is 9.89. The summed E-state index contributed by atoms with van der Waals surface area (Å²) in [6.45, 7) is 10.5. The number of carboxylic acid groups (broad SMARTS) is 1. The van der Waals surface area contributed by atoms with Crippen LogP contribution >= 0.6 is 0 Å². The summed E-state index contributed by atoms with van der Waals surface area (Å²) in [5.74, 6) is -1.04. The van der Waals surface area contributed by atoms with Crippen molar-refractivity contribution in [1.82, 2.24) is 4.90 Å². The van der Waals surface area contributed by atoms with Gasteiger partial charge in [-0.05, 0) is 75.3 Å². The largest absolute Gasteiger partial charge is 0.480 e. The van der Waals surface area contributed by atoms with Crippen molar-refractivity contribution in [2.24, 2.45) is 0 Å². The van der Waals surface area contributed by atoms with Gasteiger partial charge in [0.2, 0.25) is 0 Å². The van der Waals surface area contributed by atoms with Crippen molar-refractivity contribution in [2.75, 3.05) is 6.54 Å². The Balaban J connectivity index is 2.52. The van der Waals surface area contributed by atoms with Crippen molar-refractivity contribution in [3.8, 4) is 0 Å². The molecule has 4 nitrogen and oxygen atoms in total. The van der Waals surface area contributed by atoms with E-state index in [2.05, 4.69) is 6.92 Å². The van der Waals surface area contributed by atoms with E-state index < -0.39 is 12.0 Å². The number of carbonyl (C=O) groups is 2. The molecule has 4 heteroatoms. The summed E-state index contributed by atoms with van der Waals surface area (Å²) in [6.07, 6.45) is 1.30. The van der Waals surface area contributed by atoms with Crippen LogP contribution in [0.5, 0.6) is 0 Å². The van der Waals surface area contributed by atoms with Gasteiger partial charge in [-0.2, -0.15) is 0 Å². The number of benzene rings is 1. The molecule has 0 spiro atoms. The van der Waals surface area contributed by atoms with Crippen LogP contribution in [0.15, 0.2) is 0 Å². The number of aliphatic carboxylic acids is 1. The van der Waals surface area contributed by atoms with E-state index in [1.165, 1.54) is 10.5 Å². The molecule has 1 aliphatic heterocycles. The number of nitrogens with zero attached hydrogens (tertiary/aromatic N) is 1. The minimum absolute atomic E-state index is 0.138. The number of likely N-dealkylation sites (tertiary alicyclic amines) is 1. The molecule has 0 saturated carbocycles. The zero-order chi connectivity index (χ0) is 15.9. The van der Waals surface area contributed by atoms with Gasteiger partial charge in [0.15, 0.2) is 0 Å². The number of carbonyl (C=O) groups excluding carboxylic acids is 1. The summed E-state index contributed by atoms with van der Waals surface area (Å²) in [7, 11) is 0. The van der Waals surface area contributed by atoms with Gasteiger partial charge in [0.25, 0.3) is 5.91 Å². The van der Waals surface area contributed by atoms with Crippen LogP contribution in [0.2, 0.25) is 0 Å². The number of rotatable bonds is 2. The lowest BCUT2D eigenvalue weighted by molar-refractivity contribution is -0.141. The van der Waals surface area contributed by atoms with Crippen LogP contribution in [0.4, 0.5) is 0 Å². The standard InChI is InChI=1S/C17H23NO3/c1-9-10(2)12(4)15(13(5)11(9)3)16(19)18-8-6-7-14(18)17(20)21/h14H,6-8H2,1-5H3,(H,20,21)/t14-/m0/s1. The Kier molecular flexibility index (Phi) is 4.08. The molecule has 1 atom stereocenters. The third-order valence-corrected chi connectivity index (χ3v) is 5.01. The van der Waals surface area contributed by atoms with Gasteiger partial charge in [-0.25, -0.2) is 4.79 Å². The first-order chi connectivity index (χ1) is 9.77. The van der Waals surface area contributed by atoms with E-state index in [9.17, 15) is 14.7 Å². The fraction of sp³-hybridized carbons (Fsp3) is 0.529. The minimum atomic E-state index is -0.906. The fourth-order valence-electron chi connectivity index (χ4n) is 3.23. The SMILES string of the molecule is Cc1c(C)c(C)c(C(=O)N2CCC[C@H]2C(=O)O)c(C)c1C. The predicted molar refractivity (Wildman–Crippen MR) is 81.8 cm³/mol. The van der Waals surface area contributed by atoms with Crippen molar-refractivity contribution in [1.29, 1.82) is 0 Å². The second-order valence-corrected chi connectivity index (χ2v) is 5.99. The molecule has 21 heavy (non-hydrogen) atoms. The van der Waals surface area contributed by atoms with Crippen LogP contribution in [0.1, 0.15) is 51.0 Å². The second kappa shape index (κ2) is 5.51. The average Bonchev–Trinajstić information content (AvgIpc) is 2.92. The van der Waals surface area contributed by atoms with E-state index in [0.717, 1.165) is 28.7 Å². The third kappa shape index (κ3) is 2.43. The van der Waals surface area contributed by atoms with Crippen molar-refractivity contribution < 1.29 is 14.7 Å². The van der Waals surface area contributed by atoms with E-state index in [4.69, 9.17) is 0 Å². The summed E-state index contributed by atoms with van der Waals surface area (Å²) in [5, 5.41) is 9.28. The summed E-state index contributed by atoms with van der Waals surface area (Å²) in [5.41, 5.74) is 6.06. The highest BCUT2D eigenvalue weighted by Crippen LogP contribution is 2.29. The third-order valence-electron chi connectivity index (χ3n) is 5.01. The van der Waals surface area contributed by atoms with E-state index in [-0.39, 0.29) is 5.91 Å². The van der Waals surface area contributed by atoms with Crippen molar-refractivity contribution in [3.63, 3.8) is 0 Å². The van der Waals surface area contributed by atoms with Crippen molar-refractivity contribution in [2.45, 2.75) is 53.5 Å². The second-order valence-electron chi connectivity index (χ2n) is 5.99. The molecule has 1 fully saturated rings. The van der Waals surface area contributed by atoms with Gasteiger partial charge < -0.3 is 10.0 Å². The summed E-state index contributed by atoms with van der Waals surface area (Å²) in [6, 6.07) is -0.682. The number of hydrogen-bond donors (Lipinski definition) is 1. The van der Waals surface area contributed by atoms with E-state index in [1.807, 2.05) is 27.7 Å². The molecule has 1 N–H and O–H groups in total. The zero-order valence-corrected chi connectivity index (χ0v) is 13.4. The normalized spacial score (nSPS) is 18.1. The molecule has 0 aliphatic carbocycles. The Morgan fingerprint density at radius 3 is 1.90 bits per heavy atom. The molecule has 0 radical (unpaired) electrons. The first kappa shape index (κ1) is 15.5. The predicted octanol–water partition coefficient (Wildman–Crippen LogP) is 2.92. The molecule has 1 amide bonds. The molecule has 114 valence electrons. The number of hydrogen-bond acceptors (Lipinski definition) is 2. The first-order valence-electron chi connectivity index (χ1n) is 7.38. The van der Waals surface area contributed by atoms with E-state index in [0.29, 0.717) is 18.5 Å². The monoisotopic (exact) mass is 289 g/mol. The Labute approximate surface area is 125 Å². The van der Waals surface area contributed by atoms with Gasteiger partial charge in [0.05, 0.1) is 0 Å². The average molecular weight is 289 g/mol. The Bertz CT molecular complexity index is 590. The van der Waals surface area contributed by atoms with Crippen LogP contribution in [-0.4, -0.2) is 34.5 Å². The highest BCUT2D eigenvalue weighted by atomic mass is 16.4. The lowest BCUT2D eigenvalue weighted by Crippen LogP contribution is -2.41. The van der Waals surface area contributed by atoms with Gasteiger partial charge in [-0.3, -0.25) is 4.79 Å². The first-order valence-corrected chi connectivity index (χ1v) is 7.38. The van der Waals surface area contributed by atoms with Crippen LogP contribution in [-0.2, 0) is 4.79 Å². The Morgan fingerprint density at radius 1 is 0.952 bits per heavy atom. The highest BCUT2D eigenvalue weighted by Gasteiger charge is 2.35. The van der Waals surface area contributed by atoms with Crippen LogP contribution in [0.3, 0.4) is 0 Å². The Morgan fingerprint density at radius 2 is 1.43 bits per heavy atom. The molecule has 1 aromatic rings. The lowest BCUT2D eigenvalue weighted by Gasteiger charge is -2.25. The molecular formula is C17H23NO3. The smallest absolute Gasteiger partial charge is 0.326 e. The van der Waals surface area contributed by atoms with Gasteiger partial charge >= 0.3 is 5.97 Å². The molecule has 1 heterocycles. The van der Waals surface area contributed by atoms with Crippen molar-refractivity contribution in [3.05, 3.63) is 33.4 Å². The van der Waals surface area contributed by atoms with Gasteiger partial charge in [0.1, 0.15) is 6.04 Å². The molecule has 0 unspecified atom stereocenters. The van der Waals surface area contributed by atoms with E-state index >= 15 is 0 Å². The van der Waals surface area contributed by atoms with Crippen molar-refractivity contribution >= 4 is 11.9 Å². The topological polar surface area (TPSA) is 57.6 Å². The zero-order valence-electron chi connectivity index (χ0n) is 13.4. The summed E-state index contributed by atoms with van der Waals surface area (Å²) in [4.78, 5) is 25.7. The quantitative estimate of drug-likeness (QED) is 0.910. The highest BCUT2D eigenvalue weighted by molar-refractivity contribution is 6.00. The van der Waals surface area contributed by atoms with Crippen LogP contribution in [0.25, 0.3) is 0 Å². The van der Waals surface area contributed by atoms with Gasteiger partial charge in [-0.1, -0.05) is 0 Å². The Hall–Kier alpha value is -1.84. The molecule has 0 bridgehead atoms. The molecule has 1 aliphatic rings. The van der Waals surface area contributed by atoms with E-state index in [1.54, 1.807) is 0 Å². The minimum Gasteiger partial charge on any atom is -0.480 e. The van der Waals surface area contributed by atoms with Crippen LogP contribution < -0.4 is 0 Å². The molecule has 2 rings (SSSR count). The maximum absolute atomic E-state index is 12.9. The van der Waals surface area contributed by atoms with Crippen LogP contribution in [0, 0.1) is 34.6 Å². The van der Waals surface area contributed by atoms with Gasteiger partial charge in [0, 0.05) is 12.1 Å². The number of carboxylic acids is 1. The molecule has 0 aromatic heterocycles. The fourth-order valence-corrected chi connectivity index (χ4v) is 3.23.